The highest BCUT2D eigenvalue weighted by Gasteiger charge is 2.29. The van der Waals surface area contributed by atoms with Crippen molar-refractivity contribution in [3.63, 3.8) is 0 Å². The summed E-state index contributed by atoms with van der Waals surface area (Å²) in [5.74, 6) is 1.68. The molecule has 0 spiro atoms. The summed E-state index contributed by atoms with van der Waals surface area (Å²) in [4.78, 5) is 2.63. The summed E-state index contributed by atoms with van der Waals surface area (Å²) in [7, 11) is 3.41. The number of fused-ring (bicyclic) bond motifs is 2. The highest BCUT2D eigenvalue weighted by Crippen LogP contribution is 2.35. The molecule has 23 heavy (non-hydrogen) atoms. The summed E-state index contributed by atoms with van der Waals surface area (Å²) in [6, 6.07) is 13.8. The van der Waals surface area contributed by atoms with Gasteiger partial charge in [-0.15, -0.1) is 0 Å². The molecular weight excluding hydrogens is 286 g/mol. The maximum Gasteiger partial charge on any atom is 0.161 e. The molecule has 2 aromatic carbocycles. The van der Waals surface area contributed by atoms with E-state index in [4.69, 9.17) is 9.47 Å². The molecular formula is C20H23NO2. The van der Waals surface area contributed by atoms with E-state index in [9.17, 15) is 0 Å². The van der Waals surface area contributed by atoms with Crippen molar-refractivity contribution in [3.05, 3.63) is 58.7 Å². The van der Waals surface area contributed by atoms with Crippen LogP contribution >= 0.6 is 0 Å². The first-order chi connectivity index (χ1) is 11.3. The molecule has 1 heterocycles. The van der Waals surface area contributed by atoms with Crippen molar-refractivity contribution in [3.8, 4) is 11.5 Å². The second-order valence-electron chi connectivity index (χ2n) is 6.53. The highest BCUT2D eigenvalue weighted by atomic mass is 16.5. The normalized spacial score (nSPS) is 17.7. The van der Waals surface area contributed by atoms with Gasteiger partial charge < -0.3 is 9.47 Å². The summed E-state index contributed by atoms with van der Waals surface area (Å²) in [6.07, 6.45) is 3.44. The standard InChI is InChI=1S/C20H23NO2/c1-22-19-11-16-7-8-21(13-17(16)12-20(19)23-2)18-9-14-5-3-4-6-15(14)10-18/h3-6,11-12,18H,7-10,13H2,1-2H3. The van der Waals surface area contributed by atoms with Gasteiger partial charge in [-0.2, -0.15) is 0 Å². The molecule has 4 rings (SSSR count). The molecule has 0 N–H and O–H groups in total. The first-order valence-corrected chi connectivity index (χ1v) is 8.33. The lowest BCUT2D eigenvalue weighted by Gasteiger charge is -2.34. The van der Waals surface area contributed by atoms with E-state index in [0.29, 0.717) is 6.04 Å². The molecule has 0 bridgehead atoms. The van der Waals surface area contributed by atoms with Crippen LogP contribution in [-0.2, 0) is 25.8 Å². The second-order valence-corrected chi connectivity index (χ2v) is 6.53. The quantitative estimate of drug-likeness (QED) is 0.869. The zero-order chi connectivity index (χ0) is 15.8. The lowest BCUT2D eigenvalue weighted by Crippen LogP contribution is -2.39. The molecule has 1 aliphatic heterocycles. The van der Waals surface area contributed by atoms with E-state index in [1.165, 1.54) is 35.1 Å². The van der Waals surface area contributed by atoms with Gasteiger partial charge in [0.15, 0.2) is 11.5 Å². The maximum absolute atomic E-state index is 5.47. The molecule has 3 heteroatoms. The molecule has 0 saturated heterocycles. The molecule has 3 nitrogen and oxygen atoms in total. The zero-order valence-corrected chi connectivity index (χ0v) is 13.8. The van der Waals surface area contributed by atoms with E-state index >= 15 is 0 Å². The monoisotopic (exact) mass is 309 g/mol. The van der Waals surface area contributed by atoms with Crippen LogP contribution in [0.2, 0.25) is 0 Å². The van der Waals surface area contributed by atoms with E-state index in [1.54, 1.807) is 14.2 Å². The molecule has 0 radical (unpaired) electrons. The Bertz CT molecular complexity index is 701. The fourth-order valence-electron chi connectivity index (χ4n) is 4.01. The smallest absolute Gasteiger partial charge is 0.161 e. The van der Waals surface area contributed by atoms with Gasteiger partial charge in [0.25, 0.3) is 0 Å². The average molecular weight is 309 g/mol. The van der Waals surface area contributed by atoms with Crippen LogP contribution in [0.3, 0.4) is 0 Å². The largest absolute Gasteiger partial charge is 0.493 e. The van der Waals surface area contributed by atoms with Crippen molar-refractivity contribution in [2.45, 2.75) is 31.8 Å². The number of rotatable bonds is 3. The summed E-state index contributed by atoms with van der Waals surface area (Å²) < 4.78 is 10.9. The highest BCUT2D eigenvalue weighted by molar-refractivity contribution is 5.48. The van der Waals surface area contributed by atoms with Crippen molar-refractivity contribution < 1.29 is 9.47 Å². The zero-order valence-electron chi connectivity index (χ0n) is 13.8. The minimum Gasteiger partial charge on any atom is -0.493 e. The van der Waals surface area contributed by atoms with Gasteiger partial charge in [-0.25, -0.2) is 0 Å². The topological polar surface area (TPSA) is 21.7 Å². The van der Waals surface area contributed by atoms with Crippen molar-refractivity contribution in [1.82, 2.24) is 4.90 Å². The van der Waals surface area contributed by atoms with E-state index in [2.05, 4.69) is 41.3 Å². The van der Waals surface area contributed by atoms with Crippen molar-refractivity contribution in [2.24, 2.45) is 0 Å². The van der Waals surface area contributed by atoms with Crippen LogP contribution < -0.4 is 9.47 Å². The minimum absolute atomic E-state index is 0.633. The van der Waals surface area contributed by atoms with Crippen LogP contribution in [0.25, 0.3) is 0 Å². The lowest BCUT2D eigenvalue weighted by molar-refractivity contribution is 0.183. The Hall–Kier alpha value is -2.00. The first kappa shape index (κ1) is 14.6. The number of benzene rings is 2. The molecule has 1 aliphatic carbocycles. The average Bonchev–Trinajstić information content (AvgIpc) is 3.04. The molecule has 0 amide bonds. The van der Waals surface area contributed by atoms with Gasteiger partial charge in [0.2, 0.25) is 0 Å². The Morgan fingerprint density at radius 1 is 0.870 bits per heavy atom. The van der Waals surface area contributed by atoms with E-state index < -0.39 is 0 Å². The van der Waals surface area contributed by atoms with Crippen LogP contribution in [0.5, 0.6) is 11.5 Å². The van der Waals surface area contributed by atoms with E-state index in [0.717, 1.165) is 31.0 Å². The predicted molar refractivity (Wildman–Crippen MR) is 91.3 cm³/mol. The van der Waals surface area contributed by atoms with Gasteiger partial charge in [-0.05, 0) is 53.6 Å². The van der Waals surface area contributed by atoms with Gasteiger partial charge >= 0.3 is 0 Å². The molecule has 0 atom stereocenters. The lowest BCUT2D eigenvalue weighted by atomic mass is 9.97. The molecule has 0 fully saturated rings. The molecule has 0 unspecified atom stereocenters. The van der Waals surface area contributed by atoms with Gasteiger partial charge in [0.1, 0.15) is 0 Å². The summed E-state index contributed by atoms with van der Waals surface area (Å²) in [6.45, 7) is 2.13. The summed E-state index contributed by atoms with van der Waals surface area (Å²) >= 11 is 0. The third-order valence-corrected chi connectivity index (χ3v) is 5.29. The Balaban J connectivity index is 1.55. The second kappa shape index (κ2) is 5.89. The SMILES string of the molecule is COc1cc2c(cc1OC)CN(C1Cc3ccccc3C1)CC2. The van der Waals surface area contributed by atoms with Crippen LogP contribution in [0.1, 0.15) is 22.3 Å². The fourth-order valence-corrected chi connectivity index (χ4v) is 4.01. The molecule has 0 aromatic heterocycles. The number of ether oxygens (including phenoxy) is 2. The van der Waals surface area contributed by atoms with Crippen LogP contribution in [0.15, 0.2) is 36.4 Å². The minimum atomic E-state index is 0.633. The van der Waals surface area contributed by atoms with E-state index in [1.807, 2.05) is 0 Å². The molecule has 0 saturated carbocycles. The summed E-state index contributed by atoms with van der Waals surface area (Å²) in [5, 5.41) is 0. The van der Waals surface area contributed by atoms with Crippen molar-refractivity contribution >= 4 is 0 Å². The Morgan fingerprint density at radius 2 is 1.48 bits per heavy atom. The van der Waals surface area contributed by atoms with E-state index in [-0.39, 0.29) is 0 Å². The molecule has 2 aromatic rings. The Morgan fingerprint density at radius 3 is 2.09 bits per heavy atom. The first-order valence-electron chi connectivity index (χ1n) is 8.33. The van der Waals surface area contributed by atoms with Crippen LogP contribution in [0, 0.1) is 0 Å². The number of methoxy groups -OCH3 is 2. The number of hydrogen-bond donors (Lipinski definition) is 0. The Kier molecular flexibility index (Phi) is 3.74. The molecule has 120 valence electrons. The van der Waals surface area contributed by atoms with Crippen molar-refractivity contribution in [2.75, 3.05) is 20.8 Å². The van der Waals surface area contributed by atoms with Crippen molar-refractivity contribution in [1.29, 1.82) is 0 Å². The van der Waals surface area contributed by atoms with Gasteiger partial charge in [-0.3, -0.25) is 4.90 Å². The fraction of sp³-hybridized carbons (Fsp3) is 0.400. The third-order valence-electron chi connectivity index (χ3n) is 5.29. The molecule has 2 aliphatic rings. The summed E-state index contributed by atoms with van der Waals surface area (Å²) in [5.41, 5.74) is 5.82. The third kappa shape index (κ3) is 2.59. The number of hydrogen-bond acceptors (Lipinski definition) is 3. The van der Waals surface area contributed by atoms with Crippen LogP contribution in [0.4, 0.5) is 0 Å². The van der Waals surface area contributed by atoms with Gasteiger partial charge in [0.05, 0.1) is 14.2 Å². The predicted octanol–water partition coefficient (Wildman–Crippen LogP) is 3.23. The maximum atomic E-state index is 5.47. The number of nitrogens with zero attached hydrogens (tertiary/aromatic N) is 1. The van der Waals surface area contributed by atoms with Gasteiger partial charge in [-0.1, -0.05) is 24.3 Å². The van der Waals surface area contributed by atoms with Gasteiger partial charge in [0, 0.05) is 19.1 Å². The van der Waals surface area contributed by atoms with Crippen LogP contribution in [-0.4, -0.2) is 31.7 Å². The Labute approximate surface area is 137 Å².